The van der Waals surface area contributed by atoms with Gasteiger partial charge in [0.05, 0.1) is 0 Å². The Hall–Kier alpha value is -1.69. The van der Waals surface area contributed by atoms with Crippen LogP contribution in [0.4, 0.5) is 10.1 Å². The highest BCUT2D eigenvalue weighted by Crippen LogP contribution is 2.55. The highest BCUT2D eigenvalue weighted by atomic mass is 32.1. The summed E-state index contributed by atoms with van der Waals surface area (Å²) in [4.78, 5) is 12.1. The smallest absolute Gasteiger partial charge is 0.242 e. The third kappa shape index (κ3) is 3.32. The molecule has 1 aromatic carbocycles. The third-order valence-electron chi connectivity index (χ3n) is 4.36. The number of fused-ring (bicyclic) bond motifs is 1. The second kappa shape index (κ2) is 5.97. The molecule has 6 heteroatoms. The van der Waals surface area contributed by atoms with Gasteiger partial charge in [-0.1, -0.05) is 12.8 Å². The molecule has 0 spiro atoms. The van der Waals surface area contributed by atoms with Gasteiger partial charge in [0.1, 0.15) is 5.82 Å². The first-order valence-corrected chi connectivity index (χ1v) is 7.68. The van der Waals surface area contributed by atoms with E-state index in [9.17, 15) is 9.18 Å². The number of nitrogens with one attached hydrogen (secondary N) is 3. The number of hydrogen-bond donors (Lipinski definition) is 3. The number of carbonyl (C=O) groups is 1. The lowest BCUT2D eigenvalue weighted by Gasteiger charge is -2.11. The Morgan fingerprint density at radius 3 is 2.33 bits per heavy atom. The van der Waals surface area contributed by atoms with E-state index in [4.69, 9.17) is 12.2 Å². The molecule has 2 atom stereocenters. The monoisotopic (exact) mass is 307 g/mol. The standard InChI is InChI=1S/C15H18FN3OS/c16-9-5-7-10(8-6-9)17-15(21)19-18-14(20)13-11-3-1-2-4-12(11)13/h5-8,11-13H,1-4H2,(H,18,20)(H2,17,19,21). The average Bonchev–Trinajstić information content (AvgIpc) is 3.22. The van der Waals surface area contributed by atoms with E-state index in [1.807, 2.05) is 0 Å². The summed E-state index contributed by atoms with van der Waals surface area (Å²) in [5.41, 5.74) is 6.04. The predicted octanol–water partition coefficient (Wildman–Crippen LogP) is 2.58. The number of amides is 1. The van der Waals surface area contributed by atoms with Gasteiger partial charge in [-0.2, -0.15) is 0 Å². The van der Waals surface area contributed by atoms with Gasteiger partial charge in [-0.25, -0.2) is 4.39 Å². The number of rotatable bonds is 2. The molecule has 0 bridgehead atoms. The van der Waals surface area contributed by atoms with E-state index in [0.29, 0.717) is 22.6 Å². The predicted molar refractivity (Wildman–Crippen MR) is 82.8 cm³/mol. The number of hydrogen-bond acceptors (Lipinski definition) is 2. The summed E-state index contributed by atoms with van der Waals surface area (Å²) >= 11 is 5.09. The molecule has 1 aromatic rings. The van der Waals surface area contributed by atoms with Gasteiger partial charge >= 0.3 is 0 Å². The van der Waals surface area contributed by atoms with Crippen molar-refractivity contribution in [3.8, 4) is 0 Å². The Bertz CT molecular complexity index is 536. The molecule has 0 saturated heterocycles. The molecular formula is C15H18FN3OS. The lowest BCUT2D eigenvalue weighted by Crippen LogP contribution is -2.44. The van der Waals surface area contributed by atoms with Gasteiger partial charge in [0.2, 0.25) is 5.91 Å². The number of benzene rings is 1. The van der Waals surface area contributed by atoms with Gasteiger partial charge < -0.3 is 5.32 Å². The summed E-state index contributed by atoms with van der Waals surface area (Å²) in [6, 6.07) is 5.86. The average molecular weight is 307 g/mol. The van der Waals surface area contributed by atoms with E-state index in [-0.39, 0.29) is 17.6 Å². The van der Waals surface area contributed by atoms with Crippen LogP contribution in [0.2, 0.25) is 0 Å². The van der Waals surface area contributed by atoms with Crippen LogP contribution in [0.15, 0.2) is 24.3 Å². The molecule has 0 aliphatic heterocycles. The van der Waals surface area contributed by atoms with Gasteiger partial charge in [-0.05, 0) is 61.2 Å². The molecule has 0 radical (unpaired) electrons. The highest BCUT2D eigenvalue weighted by molar-refractivity contribution is 7.80. The molecule has 3 N–H and O–H groups in total. The second-order valence-corrected chi connectivity index (χ2v) is 6.12. The van der Waals surface area contributed by atoms with Crippen LogP contribution in [0.3, 0.4) is 0 Å². The van der Waals surface area contributed by atoms with Crippen molar-refractivity contribution in [2.75, 3.05) is 5.32 Å². The summed E-state index contributed by atoms with van der Waals surface area (Å²) in [6.07, 6.45) is 4.81. The Labute approximate surface area is 128 Å². The van der Waals surface area contributed by atoms with E-state index in [2.05, 4.69) is 16.2 Å². The van der Waals surface area contributed by atoms with Crippen molar-refractivity contribution in [2.24, 2.45) is 17.8 Å². The first-order valence-electron chi connectivity index (χ1n) is 7.27. The Balaban J connectivity index is 1.43. The van der Waals surface area contributed by atoms with Crippen molar-refractivity contribution < 1.29 is 9.18 Å². The van der Waals surface area contributed by atoms with E-state index in [1.54, 1.807) is 12.1 Å². The van der Waals surface area contributed by atoms with Crippen LogP contribution < -0.4 is 16.2 Å². The topological polar surface area (TPSA) is 53.2 Å². The van der Waals surface area contributed by atoms with Gasteiger partial charge in [-0.15, -0.1) is 0 Å². The minimum absolute atomic E-state index is 0.0233. The SMILES string of the molecule is O=C(NNC(=S)Nc1ccc(F)cc1)C1C2CCCCC21. The largest absolute Gasteiger partial charge is 0.331 e. The fraction of sp³-hybridized carbons (Fsp3) is 0.467. The first-order chi connectivity index (χ1) is 10.1. The zero-order valence-electron chi connectivity index (χ0n) is 11.6. The lowest BCUT2D eigenvalue weighted by atomic mass is 10.0. The molecule has 2 aliphatic carbocycles. The Morgan fingerprint density at radius 1 is 1.10 bits per heavy atom. The van der Waals surface area contributed by atoms with Crippen molar-refractivity contribution in [3.63, 3.8) is 0 Å². The minimum atomic E-state index is -0.302. The fourth-order valence-electron chi connectivity index (χ4n) is 3.28. The van der Waals surface area contributed by atoms with Gasteiger partial charge in [-0.3, -0.25) is 15.6 Å². The van der Waals surface area contributed by atoms with Crippen molar-refractivity contribution >= 4 is 28.9 Å². The fourth-order valence-corrected chi connectivity index (χ4v) is 3.45. The van der Waals surface area contributed by atoms with E-state index in [1.165, 1.54) is 37.8 Å². The summed E-state index contributed by atoms with van der Waals surface area (Å²) in [6.45, 7) is 0. The number of carbonyl (C=O) groups excluding carboxylic acids is 1. The molecule has 4 nitrogen and oxygen atoms in total. The summed E-state index contributed by atoms with van der Waals surface area (Å²) < 4.78 is 12.8. The number of halogens is 1. The summed E-state index contributed by atoms with van der Waals surface area (Å²) in [5.74, 6) is 1.01. The summed E-state index contributed by atoms with van der Waals surface area (Å²) in [5, 5.41) is 3.18. The number of thiocarbonyl (C=S) groups is 1. The van der Waals surface area contributed by atoms with Gasteiger partial charge in [0, 0.05) is 11.6 Å². The van der Waals surface area contributed by atoms with E-state index in [0.717, 1.165) is 0 Å². The van der Waals surface area contributed by atoms with Crippen LogP contribution in [0, 0.1) is 23.6 Å². The summed E-state index contributed by atoms with van der Waals surface area (Å²) in [7, 11) is 0. The van der Waals surface area contributed by atoms with Crippen LogP contribution in [-0.2, 0) is 4.79 Å². The van der Waals surface area contributed by atoms with Crippen LogP contribution in [-0.4, -0.2) is 11.0 Å². The quantitative estimate of drug-likeness (QED) is 0.581. The zero-order valence-corrected chi connectivity index (χ0v) is 12.4. The molecule has 21 heavy (non-hydrogen) atoms. The maximum atomic E-state index is 12.8. The molecule has 2 saturated carbocycles. The zero-order chi connectivity index (χ0) is 14.8. The molecule has 3 rings (SSSR count). The van der Waals surface area contributed by atoms with Crippen LogP contribution in [0.5, 0.6) is 0 Å². The maximum Gasteiger partial charge on any atom is 0.242 e. The van der Waals surface area contributed by atoms with E-state index < -0.39 is 0 Å². The first kappa shape index (κ1) is 14.3. The second-order valence-electron chi connectivity index (χ2n) is 5.71. The van der Waals surface area contributed by atoms with Crippen molar-refractivity contribution in [1.82, 2.24) is 10.9 Å². The molecular weight excluding hydrogens is 289 g/mol. The number of hydrazine groups is 1. The Morgan fingerprint density at radius 2 is 1.71 bits per heavy atom. The third-order valence-corrected chi connectivity index (χ3v) is 4.56. The highest BCUT2D eigenvalue weighted by Gasteiger charge is 2.54. The molecule has 0 heterocycles. The molecule has 2 aliphatic rings. The minimum Gasteiger partial charge on any atom is -0.331 e. The van der Waals surface area contributed by atoms with Gasteiger partial charge in [0.15, 0.2) is 5.11 Å². The molecule has 2 fully saturated rings. The maximum absolute atomic E-state index is 12.8. The van der Waals surface area contributed by atoms with Crippen molar-refractivity contribution in [2.45, 2.75) is 25.7 Å². The Kier molecular flexibility index (Phi) is 4.05. The van der Waals surface area contributed by atoms with Crippen LogP contribution in [0.25, 0.3) is 0 Å². The van der Waals surface area contributed by atoms with Crippen molar-refractivity contribution in [3.05, 3.63) is 30.1 Å². The number of anilines is 1. The molecule has 0 aromatic heterocycles. The normalized spacial score (nSPS) is 26.4. The molecule has 1 amide bonds. The molecule has 2 unspecified atom stereocenters. The molecule has 112 valence electrons. The van der Waals surface area contributed by atoms with Gasteiger partial charge in [0.25, 0.3) is 0 Å². The van der Waals surface area contributed by atoms with Crippen LogP contribution in [0.1, 0.15) is 25.7 Å². The lowest BCUT2D eigenvalue weighted by molar-refractivity contribution is -0.123. The van der Waals surface area contributed by atoms with E-state index >= 15 is 0 Å². The van der Waals surface area contributed by atoms with Crippen molar-refractivity contribution in [1.29, 1.82) is 0 Å². The van der Waals surface area contributed by atoms with Crippen LogP contribution >= 0.6 is 12.2 Å².